The van der Waals surface area contributed by atoms with Crippen LogP contribution in [0.15, 0.2) is 18.2 Å². The molecule has 7 heteroatoms. The van der Waals surface area contributed by atoms with Crippen molar-refractivity contribution in [3.05, 3.63) is 23.8 Å². The highest BCUT2D eigenvalue weighted by atomic mass is 32.2. The molecule has 0 radical (unpaired) electrons. The zero-order chi connectivity index (χ0) is 16.4. The van der Waals surface area contributed by atoms with E-state index in [0.29, 0.717) is 41.2 Å². The molecule has 1 saturated heterocycles. The van der Waals surface area contributed by atoms with E-state index < -0.39 is 6.04 Å². The molecule has 0 spiro atoms. The number of thioether (sulfide) groups is 1. The van der Waals surface area contributed by atoms with Gasteiger partial charge in [-0.25, -0.2) is 0 Å². The van der Waals surface area contributed by atoms with Crippen LogP contribution >= 0.6 is 11.8 Å². The van der Waals surface area contributed by atoms with Crippen molar-refractivity contribution in [3.63, 3.8) is 0 Å². The second-order valence-electron chi connectivity index (χ2n) is 6.00. The molecule has 1 fully saturated rings. The van der Waals surface area contributed by atoms with E-state index in [4.69, 9.17) is 9.47 Å². The number of ether oxygens (including phenoxy) is 2. The molecule has 0 saturated carbocycles. The SMILES string of the molecule is CC(C)CNC(=O)[C@H]1CSCN1C(=O)c1ccc2c(c1)OCO2. The smallest absolute Gasteiger partial charge is 0.255 e. The average Bonchev–Trinajstić information content (AvgIpc) is 3.19. The normalized spacial score (nSPS) is 19.3. The van der Waals surface area contributed by atoms with Gasteiger partial charge in [0.25, 0.3) is 5.91 Å². The first kappa shape index (κ1) is 16.0. The van der Waals surface area contributed by atoms with E-state index in [9.17, 15) is 9.59 Å². The van der Waals surface area contributed by atoms with Gasteiger partial charge in [-0.3, -0.25) is 9.59 Å². The van der Waals surface area contributed by atoms with Gasteiger partial charge in [0.15, 0.2) is 11.5 Å². The molecule has 1 aromatic carbocycles. The van der Waals surface area contributed by atoms with E-state index in [1.807, 2.05) is 13.8 Å². The Bertz CT molecular complexity index is 620. The van der Waals surface area contributed by atoms with Crippen LogP contribution < -0.4 is 14.8 Å². The van der Waals surface area contributed by atoms with Crippen LogP contribution in [0, 0.1) is 5.92 Å². The van der Waals surface area contributed by atoms with Crippen LogP contribution in [0.4, 0.5) is 0 Å². The monoisotopic (exact) mass is 336 g/mol. The molecular weight excluding hydrogens is 316 g/mol. The highest BCUT2D eigenvalue weighted by Gasteiger charge is 2.35. The first-order valence-electron chi connectivity index (χ1n) is 7.62. The van der Waals surface area contributed by atoms with Gasteiger partial charge in [-0.15, -0.1) is 11.8 Å². The van der Waals surface area contributed by atoms with Crippen LogP contribution in [0.3, 0.4) is 0 Å². The van der Waals surface area contributed by atoms with Crippen molar-refractivity contribution in [3.8, 4) is 11.5 Å². The fourth-order valence-electron chi connectivity index (χ4n) is 2.48. The summed E-state index contributed by atoms with van der Waals surface area (Å²) in [5.41, 5.74) is 0.512. The minimum Gasteiger partial charge on any atom is -0.454 e. The van der Waals surface area contributed by atoms with Crippen molar-refractivity contribution in [2.45, 2.75) is 19.9 Å². The van der Waals surface area contributed by atoms with Gasteiger partial charge in [-0.2, -0.15) is 0 Å². The summed E-state index contributed by atoms with van der Waals surface area (Å²) in [5, 5.41) is 2.91. The number of carbonyl (C=O) groups is 2. The van der Waals surface area contributed by atoms with Crippen molar-refractivity contribution in [1.82, 2.24) is 10.2 Å². The summed E-state index contributed by atoms with van der Waals surface area (Å²) in [6, 6.07) is 4.70. The summed E-state index contributed by atoms with van der Waals surface area (Å²) in [7, 11) is 0. The summed E-state index contributed by atoms with van der Waals surface area (Å²) in [5.74, 6) is 2.50. The molecule has 3 rings (SSSR count). The molecule has 2 amide bonds. The molecule has 1 atom stereocenters. The van der Waals surface area contributed by atoms with Gasteiger partial charge < -0.3 is 19.7 Å². The van der Waals surface area contributed by atoms with Crippen molar-refractivity contribution in [2.75, 3.05) is 25.0 Å². The fourth-order valence-corrected chi connectivity index (χ4v) is 3.63. The third-order valence-corrected chi connectivity index (χ3v) is 4.76. The number of rotatable bonds is 4. The fraction of sp³-hybridized carbons (Fsp3) is 0.500. The molecule has 2 heterocycles. The number of hydrogen-bond acceptors (Lipinski definition) is 5. The third kappa shape index (κ3) is 3.39. The van der Waals surface area contributed by atoms with Crippen molar-refractivity contribution < 1.29 is 19.1 Å². The molecule has 0 bridgehead atoms. The Morgan fingerprint density at radius 2 is 2.13 bits per heavy atom. The number of hydrogen-bond donors (Lipinski definition) is 1. The van der Waals surface area contributed by atoms with Gasteiger partial charge in [0.05, 0.1) is 5.88 Å². The number of benzene rings is 1. The average molecular weight is 336 g/mol. The maximum Gasteiger partial charge on any atom is 0.255 e. The number of amides is 2. The zero-order valence-corrected chi connectivity index (χ0v) is 14.0. The van der Waals surface area contributed by atoms with Gasteiger partial charge in [0, 0.05) is 17.9 Å². The summed E-state index contributed by atoms with van der Waals surface area (Å²) in [6.07, 6.45) is 0. The second-order valence-corrected chi connectivity index (χ2v) is 7.00. The Morgan fingerprint density at radius 1 is 1.35 bits per heavy atom. The maximum absolute atomic E-state index is 12.7. The Labute approximate surface area is 139 Å². The summed E-state index contributed by atoms with van der Waals surface area (Å²) in [4.78, 5) is 26.7. The molecule has 1 N–H and O–H groups in total. The molecular formula is C16H20N2O4S. The van der Waals surface area contributed by atoms with E-state index in [2.05, 4.69) is 5.32 Å². The zero-order valence-electron chi connectivity index (χ0n) is 13.2. The lowest BCUT2D eigenvalue weighted by Crippen LogP contribution is -2.47. The first-order valence-corrected chi connectivity index (χ1v) is 8.78. The van der Waals surface area contributed by atoms with Gasteiger partial charge >= 0.3 is 0 Å². The predicted molar refractivity (Wildman–Crippen MR) is 87.7 cm³/mol. The first-order chi connectivity index (χ1) is 11.1. The Balaban J connectivity index is 1.71. The summed E-state index contributed by atoms with van der Waals surface area (Å²) in [6.45, 7) is 4.87. The van der Waals surface area contributed by atoms with Crippen LogP contribution in [0.1, 0.15) is 24.2 Å². The van der Waals surface area contributed by atoms with E-state index >= 15 is 0 Å². The number of fused-ring (bicyclic) bond motifs is 1. The lowest BCUT2D eigenvalue weighted by Gasteiger charge is -2.23. The topological polar surface area (TPSA) is 67.9 Å². The number of nitrogens with one attached hydrogen (secondary N) is 1. The predicted octanol–water partition coefficient (Wildman–Crippen LogP) is 1.70. The lowest BCUT2D eigenvalue weighted by atomic mass is 10.1. The second kappa shape index (κ2) is 6.70. The van der Waals surface area contributed by atoms with Crippen LogP contribution in [0.25, 0.3) is 0 Å². The summed E-state index contributed by atoms with van der Waals surface area (Å²) >= 11 is 1.59. The van der Waals surface area contributed by atoms with Gasteiger partial charge in [0.2, 0.25) is 12.7 Å². The van der Waals surface area contributed by atoms with Crippen molar-refractivity contribution in [1.29, 1.82) is 0 Å². The number of carbonyl (C=O) groups excluding carboxylic acids is 2. The molecule has 2 aliphatic heterocycles. The quantitative estimate of drug-likeness (QED) is 0.906. The largest absolute Gasteiger partial charge is 0.454 e. The number of nitrogens with zero attached hydrogens (tertiary/aromatic N) is 1. The molecule has 0 aromatic heterocycles. The highest BCUT2D eigenvalue weighted by molar-refractivity contribution is 7.99. The van der Waals surface area contributed by atoms with Crippen molar-refractivity contribution >= 4 is 23.6 Å². The molecule has 2 aliphatic rings. The van der Waals surface area contributed by atoms with Gasteiger partial charge in [0.1, 0.15) is 6.04 Å². The van der Waals surface area contributed by atoms with Crippen LogP contribution in [-0.2, 0) is 4.79 Å². The maximum atomic E-state index is 12.7. The molecule has 0 aliphatic carbocycles. The van der Waals surface area contributed by atoms with E-state index in [-0.39, 0.29) is 18.6 Å². The molecule has 6 nitrogen and oxygen atoms in total. The molecule has 124 valence electrons. The Morgan fingerprint density at radius 3 is 2.91 bits per heavy atom. The molecule has 1 aromatic rings. The van der Waals surface area contributed by atoms with E-state index in [1.54, 1.807) is 34.9 Å². The van der Waals surface area contributed by atoms with Crippen LogP contribution in [0.2, 0.25) is 0 Å². The van der Waals surface area contributed by atoms with Crippen molar-refractivity contribution in [2.24, 2.45) is 5.92 Å². The molecule has 0 unspecified atom stereocenters. The van der Waals surface area contributed by atoms with Crippen LogP contribution in [-0.4, -0.2) is 47.7 Å². The van der Waals surface area contributed by atoms with Gasteiger partial charge in [-0.05, 0) is 24.1 Å². The standard InChI is InChI=1S/C16H20N2O4S/c1-10(2)6-17-15(19)12-7-23-8-18(12)16(20)11-3-4-13-14(5-11)22-9-21-13/h3-5,10,12H,6-9H2,1-2H3,(H,17,19)/t12-/m1/s1. The highest BCUT2D eigenvalue weighted by Crippen LogP contribution is 2.33. The molecule has 23 heavy (non-hydrogen) atoms. The van der Waals surface area contributed by atoms with Crippen LogP contribution in [0.5, 0.6) is 11.5 Å². The minimum absolute atomic E-state index is 0.0854. The van der Waals surface area contributed by atoms with E-state index in [1.165, 1.54) is 0 Å². The van der Waals surface area contributed by atoms with Gasteiger partial charge in [-0.1, -0.05) is 13.8 Å². The Kier molecular flexibility index (Phi) is 4.66. The summed E-state index contributed by atoms with van der Waals surface area (Å²) < 4.78 is 10.6. The lowest BCUT2D eigenvalue weighted by molar-refractivity contribution is -0.124. The third-order valence-electron chi connectivity index (χ3n) is 3.75. The Hall–Kier alpha value is -1.89. The van der Waals surface area contributed by atoms with E-state index in [0.717, 1.165) is 0 Å². The minimum atomic E-state index is -0.420.